The molecule has 0 amide bonds. The number of hydrogen-bond acceptors (Lipinski definition) is 4. The standard InChI is InChI=1S/C21H43NO3S.Na/c1-2-3-4-5-6-7-8-9-10-11-12-13-14-15-16-17-18-19-21(20-22)26(23,24)25;/h9-10,21H,2-8,11-20,22H2,1H3,(H,23,24,25);/q;+1/p-1/b10-9-;. The summed E-state index contributed by atoms with van der Waals surface area (Å²) in [6.07, 6.45) is 23.5. The first kappa shape index (κ1) is 29.8. The Hall–Kier alpha value is 0.610. The molecular formula is C21H42NNaO3S. The van der Waals surface area contributed by atoms with Crippen molar-refractivity contribution in [3.05, 3.63) is 12.2 Å². The van der Waals surface area contributed by atoms with Gasteiger partial charge in [-0.05, 0) is 32.1 Å². The minimum absolute atomic E-state index is 0. The first-order valence-electron chi connectivity index (χ1n) is 10.8. The fourth-order valence-corrected chi connectivity index (χ4v) is 3.87. The molecule has 0 saturated heterocycles. The molecule has 0 aromatic carbocycles. The minimum Gasteiger partial charge on any atom is -0.748 e. The van der Waals surface area contributed by atoms with E-state index in [0.29, 0.717) is 6.42 Å². The second kappa shape index (κ2) is 21.3. The maximum absolute atomic E-state index is 10.9. The molecule has 4 nitrogen and oxygen atoms in total. The zero-order chi connectivity index (χ0) is 19.5. The molecule has 0 radical (unpaired) electrons. The fourth-order valence-electron chi connectivity index (χ4n) is 3.18. The topological polar surface area (TPSA) is 83.2 Å². The summed E-state index contributed by atoms with van der Waals surface area (Å²) in [5.41, 5.74) is 5.35. The van der Waals surface area contributed by atoms with Crippen LogP contribution in [-0.4, -0.2) is 24.8 Å². The van der Waals surface area contributed by atoms with E-state index in [9.17, 15) is 13.0 Å². The third-order valence-electron chi connectivity index (χ3n) is 4.96. The van der Waals surface area contributed by atoms with Crippen LogP contribution in [0, 0.1) is 0 Å². The number of nitrogens with two attached hydrogens (primary N) is 1. The van der Waals surface area contributed by atoms with Crippen LogP contribution in [0.5, 0.6) is 0 Å². The predicted octanol–water partition coefficient (Wildman–Crippen LogP) is 2.68. The molecule has 156 valence electrons. The smallest absolute Gasteiger partial charge is 0.748 e. The van der Waals surface area contributed by atoms with Crippen molar-refractivity contribution in [3.8, 4) is 0 Å². The van der Waals surface area contributed by atoms with E-state index in [4.69, 9.17) is 5.73 Å². The molecular weight excluding hydrogens is 369 g/mol. The molecule has 1 unspecified atom stereocenters. The van der Waals surface area contributed by atoms with Crippen molar-refractivity contribution < 1.29 is 42.5 Å². The van der Waals surface area contributed by atoms with E-state index in [1.54, 1.807) is 0 Å². The molecule has 0 saturated carbocycles. The van der Waals surface area contributed by atoms with Crippen LogP contribution in [0.15, 0.2) is 12.2 Å². The van der Waals surface area contributed by atoms with E-state index in [1.165, 1.54) is 77.0 Å². The first-order valence-corrected chi connectivity index (χ1v) is 12.3. The van der Waals surface area contributed by atoms with Gasteiger partial charge in [-0.2, -0.15) is 0 Å². The Bertz CT molecular complexity index is 427. The van der Waals surface area contributed by atoms with Crippen LogP contribution in [0.25, 0.3) is 0 Å². The van der Waals surface area contributed by atoms with Gasteiger partial charge < -0.3 is 10.3 Å². The third kappa shape index (κ3) is 21.1. The molecule has 0 rings (SSSR count). The van der Waals surface area contributed by atoms with Crippen LogP contribution in [0.2, 0.25) is 0 Å². The fraction of sp³-hybridized carbons (Fsp3) is 0.905. The Labute approximate surface area is 191 Å². The van der Waals surface area contributed by atoms with E-state index < -0.39 is 15.4 Å². The second-order valence-electron chi connectivity index (χ2n) is 7.43. The van der Waals surface area contributed by atoms with Crippen LogP contribution < -0.4 is 35.3 Å². The Morgan fingerprint density at radius 1 is 0.778 bits per heavy atom. The van der Waals surface area contributed by atoms with Crippen molar-refractivity contribution in [2.45, 2.75) is 115 Å². The monoisotopic (exact) mass is 411 g/mol. The van der Waals surface area contributed by atoms with Crippen LogP contribution >= 0.6 is 0 Å². The largest absolute Gasteiger partial charge is 1.00 e. The molecule has 0 aliphatic heterocycles. The average molecular weight is 412 g/mol. The van der Waals surface area contributed by atoms with Gasteiger partial charge >= 0.3 is 29.6 Å². The van der Waals surface area contributed by atoms with Crippen molar-refractivity contribution in [1.82, 2.24) is 0 Å². The molecule has 0 aliphatic carbocycles. The maximum atomic E-state index is 10.9. The molecule has 27 heavy (non-hydrogen) atoms. The summed E-state index contributed by atoms with van der Waals surface area (Å²) in [6.45, 7) is 2.20. The second-order valence-corrected chi connectivity index (χ2v) is 9.08. The summed E-state index contributed by atoms with van der Waals surface area (Å²) in [5, 5.41) is -0.898. The molecule has 0 aromatic rings. The molecule has 0 aromatic heterocycles. The van der Waals surface area contributed by atoms with Gasteiger partial charge in [-0.3, -0.25) is 0 Å². The van der Waals surface area contributed by atoms with E-state index in [-0.39, 0.29) is 36.1 Å². The summed E-state index contributed by atoms with van der Waals surface area (Å²) in [6, 6.07) is 0. The maximum Gasteiger partial charge on any atom is 1.00 e. The molecule has 0 fully saturated rings. The minimum atomic E-state index is -4.22. The third-order valence-corrected chi connectivity index (χ3v) is 6.20. The Balaban J connectivity index is 0. The number of allylic oxidation sites excluding steroid dienone is 2. The summed E-state index contributed by atoms with van der Waals surface area (Å²) < 4.78 is 32.8. The Morgan fingerprint density at radius 2 is 1.19 bits per heavy atom. The van der Waals surface area contributed by atoms with Crippen LogP contribution in [0.1, 0.15) is 110 Å². The van der Waals surface area contributed by atoms with Gasteiger partial charge in [0.25, 0.3) is 0 Å². The van der Waals surface area contributed by atoms with Gasteiger partial charge in [0.1, 0.15) is 0 Å². The van der Waals surface area contributed by atoms with Gasteiger partial charge in [-0.1, -0.05) is 89.7 Å². The summed E-state index contributed by atoms with van der Waals surface area (Å²) in [5.74, 6) is 0. The van der Waals surface area contributed by atoms with Crippen molar-refractivity contribution in [3.63, 3.8) is 0 Å². The summed E-state index contributed by atoms with van der Waals surface area (Å²) >= 11 is 0. The number of unbranched alkanes of at least 4 members (excludes halogenated alkanes) is 13. The van der Waals surface area contributed by atoms with Crippen molar-refractivity contribution in [1.29, 1.82) is 0 Å². The van der Waals surface area contributed by atoms with Gasteiger partial charge in [0, 0.05) is 6.54 Å². The molecule has 0 bridgehead atoms. The Morgan fingerprint density at radius 3 is 1.59 bits per heavy atom. The normalized spacial score (nSPS) is 13.0. The van der Waals surface area contributed by atoms with E-state index in [2.05, 4.69) is 19.1 Å². The van der Waals surface area contributed by atoms with Crippen LogP contribution in [0.3, 0.4) is 0 Å². The summed E-state index contributed by atoms with van der Waals surface area (Å²) in [4.78, 5) is 0. The van der Waals surface area contributed by atoms with Crippen molar-refractivity contribution >= 4 is 10.1 Å². The molecule has 6 heteroatoms. The molecule has 1 atom stereocenters. The van der Waals surface area contributed by atoms with Gasteiger partial charge in [-0.25, -0.2) is 8.42 Å². The SMILES string of the molecule is CCCCCCCC/C=C\CCCCCCCCCC(CN)S(=O)(=O)[O-].[Na+]. The molecule has 0 aliphatic rings. The Kier molecular flexibility index (Phi) is 23.5. The van der Waals surface area contributed by atoms with Gasteiger partial charge in [0.2, 0.25) is 0 Å². The zero-order valence-corrected chi connectivity index (χ0v) is 20.8. The first-order chi connectivity index (χ1) is 12.5. The van der Waals surface area contributed by atoms with E-state index in [1.807, 2.05) is 0 Å². The zero-order valence-electron chi connectivity index (χ0n) is 18.0. The van der Waals surface area contributed by atoms with Crippen molar-refractivity contribution in [2.24, 2.45) is 5.73 Å². The predicted molar refractivity (Wildman–Crippen MR) is 111 cm³/mol. The van der Waals surface area contributed by atoms with Gasteiger partial charge in [-0.15, -0.1) is 0 Å². The van der Waals surface area contributed by atoms with Crippen molar-refractivity contribution in [2.75, 3.05) is 6.54 Å². The summed E-state index contributed by atoms with van der Waals surface area (Å²) in [7, 11) is -4.22. The number of rotatable bonds is 19. The van der Waals surface area contributed by atoms with E-state index >= 15 is 0 Å². The quantitative estimate of drug-likeness (QED) is 0.153. The number of hydrogen-bond donors (Lipinski definition) is 1. The van der Waals surface area contributed by atoms with Gasteiger partial charge in [0.15, 0.2) is 0 Å². The average Bonchev–Trinajstić information content (AvgIpc) is 2.59. The van der Waals surface area contributed by atoms with Crippen LogP contribution in [0.4, 0.5) is 0 Å². The molecule has 0 spiro atoms. The van der Waals surface area contributed by atoms with Crippen LogP contribution in [-0.2, 0) is 10.1 Å². The molecule has 0 heterocycles. The van der Waals surface area contributed by atoms with E-state index in [0.717, 1.165) is 19.3 Å². The van der Waals surface area contributed by atoms with Gasteiger partial charge in [0.05, 0.1) is 15.4 Å². The molecule has 2 N–H and O–H groups in total.